The van der Waals surface area contributed by atoms with Crippen molar-refractivity contribution in [1.82, 2.24) is 4.90 Å². The minimum absolute atomic E-state index is 0.231. The van der Waals surface area contributed by atoms with Crippen LogP contribution in [-0.4, -0.2) is 42.0 Å². The van der Waals surface area contributed by atoms with Crippen LogP contribution in [0, 0.1) is 5.92 Å². The van der Waals surface area contributed by atoms with Gasteiger partial charge in [0.2, 0.25) is 0 Å². The van der Waals surface area contributed by atoms with Gasteiger partial charge in [-0.25, -0.2) is 8.78 Å². The van der Waals surface area contributed by atoms with Crippen molar-refractivity contribution in [1.29, 1.82) is 0 Å². The maximum Gasteiger partial charge on any atom is 0.308 e. The minimum Gasteiger partial charge on any atom is -0.481 e. The number of halogens is 2. The van der Waals surface area contributed by atoms with Crippen LogP contribution < -0.4 is 0 Å². The van der Waals surface area contributed by atoms with Crippen LogP contribution in [0.25, 0.3) is 0 Å². The standard InChI is InChI=1S/C10H17F2NO2/c1-13(6-9(11)12)8-5-3-2-4-7(8)10(14)15/h7-9H,2-6H2,1H3,(H,14,15). The molecule has 5 heteroatoms. The van der Waals surface area contributed by atoms with Crippen molar-refractivity contribution >= 4 is 5.97 Å². The maximum absolute atomic E-state index is 12.2. The molecule has 0 heterocycles. The van der Waals surface area contributed by atoms with E-state index in [-0.39, 0.29) is 12.6 Å². The number of nitrogens with zero attached hydrogens (tertiary/aromatic N) is 1. The smallest absolute Gasteiger partial charge is 0.308 e. The predicted molar refractivity (Wildman–Crippen MR) is 52.0 cm³/mol. The Morgan fingerprint density at radius 1 is 1.47 bits per heavy atom. The number of carboxylic acids is 1. The summed E-state index contributed by atoms with van der Waals surface area (Å²) in [4.78, 5) is 12.4. The van der Waals surface area contributed by atoms with Gasteiger partial charge in [-0.2, -0.15) is 0 Å². The molecule has 2 unspecified atom stereocenters. The molecule has 0 amide bonds. The quantitative estimate of drug-likeness (QED) is 0.787. The van der Waals surface area contributed by atoms with Gasteiger partial charge in [0.1, 0.15) is 0 Å². The lowest BCUT2D eigenvalue weighted by molar-refractivity contribution is -0.145. The first kappa shape index (κ1) is 12.4. The molecule has 0 aromatic heterocycles. The number of alkyl halides is 2. The molecule has 1 aliphatic rings. The number of aliphatic carboxylic acids is 1. The molecule has 88 valence electrons. The van der Waals surface area contributed by atoms with Gasteiger partial charge >= 0.3 is 5.97 Å². The number of hydrogen-bond donors (Lipinski definition) is 1. The van der Waals surface area contributed by atoms with E-state index in [1.54, 1.807) is 7.05 Å². The van der Waals surface area contributed by atoms with Gasteiger partial charge in [0.05, 0.1) is 12.5 Å². The molecule has 2 atom stereocenters. The third kappa shape index (κ3) is 3.41. The van der Waals surface area contributed by atoms with Crippen molar-refractivity contribution in [2.45, 2.75) is 38.2 Å². The molecule has 0 spiro atoms. The molecule has 0 aromatic carbocycles. The molecule has 0 aliphatic heterocycles. The third-order valence-electron chi connectivity index (χ3n) is 3.04. The first-order chi connectivity index (χ1) is 7.02. The van der Waals surface area contributed by atoms with Gasteiger partial charge in [0, 0.05) is 6.04 Å². The van der Waals surface area contributed by atoms with Gasteiger partial charge in [0.25, 0.3) is 6.43 Å². The summed E-state index contributed by atoms with van der Waals surface area (Å²) in [5.74, 6) is -1.34. The molecule has 1 rings (SSSR count). The Kier molecular flexibility index (Phi) is 4.45. The lowest BCUT2D eigenvalue weighted by Gasteiger charge is -2.35. The van der Waals surface area contributed by atoms with Crippen molar-refractivity contribution in [3.05, 3.63) is 0 Å². The molecule has 0 bridgehead atoms. The number of rotatable bonds is 4. The van der Waals surface area contributed by atoms with Crippen LogP contribution in [0.2, 0.25) is 0 Å². The van der Waals surface area contributed by atoms with E-state index >= 15 is 0 Å². The number of carbonyl (C=O) groups is 1. The minimum atomic E-state index is -2.40. The van der Waals surface area contributed by atoms with Crippen LogP contribution in [0.3, 0.4) is 0 Å². The summed E-state index contributed by atoms with van der Waals surface area (Å²) in [6, 6.07) is -0.231. The fraction of sp³-hybridized carbons (Fsp3) is 0.900. The van der Waals surface area contributed by atoms with Crippen LogP contribution in [0.1, 0.15) is 25.7 Å². The van der Waals surface area contributed by atoms with Crippen LogP contribution in [-0.2, 0) is 4.79 Å². The maximum atomic E-state index is 12.2. The summed E-state index contributed by atoms with van der Waals surface area (Å²) in [7, 11) is 1.58. The van der Waals surface area contributed by atoms with Crippen molar-refractivity contribution in [3.8, 4) is 0 Å². The summed E-state index contributed by atoms with van der Waals surface area (Å²) < 4.78 is 24.4. The Morgan fingerprint density at radius 2 is 2.07 bits per heavy atom. The molecule has 1 saturated carbocycles. The SMILES string of the molecule is CN(CC(F)F)C1CCCCC1C(=O)O. The Labute approximate surface area is 88.1 Å². The molecule has 1 aliphatic carbocycles. The number of carboxylic acid groups (broad SMARTS) is 1. The Balaban J connectivity index is 2.59. The van der Waals surface area contributed by atoms with Crippen molar-refractivity contribution in [2.24, 2.45) is 5.92 Å². The summed E-state index contributed by atoms with van der Waals surface area (Å²) in [5.41, 5.74) is 0. The van der Waals surface area contributed by atoms with E-state index in [0.717, 1.165) is 12.8 Å². The molecule has 3 nitrogen and oxygen atoms in total. The zero-order valence-electron chi connectivity index (χ0n) is 8.83. The van der Waals surface area contributed by atoms with Crippen molar-refractivity contribution in [2.75, 3.05) is 13.6 Å². The van der Waals surface area contributed by atoms with Gasteiger partial charge in [-0.1, -0.05) is 12.8 Å². The average Bonchev–Trinajstić information content (AvgIpc) is 2.16. The molecule has 15 heavy (non-hydrogen) atoms. The monoisotopic (exact) mass is 221 g/mol. The Hall–Kier alpha value is -0.710. The van der Waals surface area contributed by atoms with Crippen molar-refractivity contribution in [3.63, 3.8) is 0 Å². The second kappa shape index (κ2) is 5.39. The van der Waals surface area contributed by atoms with E-state index < -0.39 is 18.3 Å². The summed E-state index contributed by atoms with van der Waals surface area (Å²) in [6.45, 7) is -0.339. The van der Waals surface area contributed by atoms with E-state index in [4.69, 9.17) is 5.11 Å². The molecule has 0 aromatic rings. The molecular weight excluding hydrogens is 204 g/mol. The fourth-order valence-electron chi connectivity index (χ4n) is 2.28. The lowest BCUT2D eigenvalue weighted by Crippen LogP contribution is -2.45. The van der Waals surface area contributed by atoms with E-state index in [1.165, 1.54) is 4.90 Å². The zero-order chi connectivity index (χ0) is 11.4. The normalized spacial score (nSPS) is 27.3. The highest BCUT2D eigenvalue weighted by molar-refractivity contribution is 5.71. The summed E-state index contributed by atoms with van der Waals surface area (Å²) >= 11 is 0. The highest BCUT2D eigenvalue weighted by Crippen LogP contribution is 2.28. The van der Waals surface area contributed by atoms with E-state index in [9.17, 15) is 13.6 Å². The molecule has 1 fully saturated rings. The second-order valence-electron chi connectivity index (χ2n) is 4.13. The largest absolute Gasteiger partial charge is 0.481 e. The van der Waals surface area contributed by atoms with Gasteiger partial charge in [-0.15, -0.1) is 0 Å². The summed E-state index contributed by atoms with van der Waals surface area (Å²) in [5, 5.41) is 8.98. The molecule has 0 radical (unpaired) electrons. The van der Waals surface area contributed by atoms with Crippen LogP contribution in [0.15, 0.2) is 0 Å². The molecular formula is C10H17F2NO2. The highest BCUT2D eigenvalue weighted by atomic mass is 19.3. The van der Waals surface area contributed by atoms with Gasteiger partial charge in [0.15, 0.2) is 0 Å². The summed E-state index contributed by atoms with van der Waals surface area (Å²) in [6.07, 6.45) is 0.734. The van der Waals surface area contributed by atoms with Crippen LogP contribution in [0.4, 0.5) is 8.78 Å². The van der Waals surface area contributed by atoms with Gasteiger partial charge in [-0.05, 0) is 19.9 Å². The topological polar surface area (TPSA) is 40.5 Å². The second-order valence-corrected chi connectivity index (χ2v) is 4.13. The average molecular weight is 221 g/mol. The highest BCUT2D eigenvalue weighted by Gasteiger charge is 2.33. The number of hydrogen-bond acceptors (Lipinski definition) is 2. The van der Waals surface area contributed by atoms with E-state index in [0.29, 0.717) is 12.8 Å². The molecule has 0 saturated heterocycles. The lowest BCUT2D eigenvalue weighted by atomic mass is 9.84. The molecule has 1 N–H and O–H groups in total. The van der Waals surface area contributed by atoms with Gasteiger partial charge in [-0.3, -0.25) is 9.69 Å². The van der Waals surface area contributed by atoms with Gasteiger partial charge < -0.3 is 5.11 Å². The Bertz CT molecular complexity index is 223. The van der Waals surface area contributed by atoms with Crippen LogP contribution >= 0.6 is 0 Å². The van der Waals surface area contributed by atoms with E-state index in [2.05, 4.69) is 0 Å². The first-order valence-electron chi connectivity index (χ1n) is 5.23. The van der Waals surface area contributed by atoms with Crippen LogP contribution in [0.5, 0.6) is 0 Å². The Morgan fingerprint density at radius 3 is 2.60 bits per heavy atom. The first-order valence-corrected chi connectivity index (χ1v) is 5.23. The van der Waals surface area contributed by atoms with E-state index in [1.807, 2.05) is 0 Å². The predicted octanol–water partition coefficient (Wildman–Crippen LogP) is 1.83. The fourth-order valence-corrected chi connectivity index (χ4v) is 2.28. The third-order valence-corrected chi connectivity index (χ3v) is 3.04. The van der Waals surface area contributed by atoms with Crippen molar-refractivity contribution < 1.29 is 18.7 Å². The zero-order valence-corrected chi connectivity index (χ0v) is 8.83.